The van der Waals surface area contributed by atoms with Crippen molar-refractivity contribution in [3.05, 3.63) is 28.8 Å². The van der Waals surface area contributed by atoms with Crippen LogP contribution < -0.4 is 9.46 Å². The van der Waals surface area contributed by atoms with Crippen molar-refractivity contribution in [1.29, 1.82) is 0 Å². The van der Waals surface area contributed by atoms with E-state index in [1.807, 2.05) is 0 Å². The Kier molecular flexibility index (Phi) is 4.01. The zero-order valence-electron chi connectivity index (χ0n) is 8.03. The quantitative estimate of drug-likeness (QED) is 0.845. The molecule has 5 nitrogen and oxygen atoms in total. The Morgan fingerprint density at radius 3 is 2.56 bits per heavy atom. The summed E-state index contributed by atoms with van der Waals surface area (Å²) in [5, 5.41) is 0.512. The smallest absolute Gasteiger partial charge is 0.410 e. The monoisotopic (exact) mass is 283 g/mol. The van der Waals surface area contributed by atoms with Gasteiger partial charge in [-0.05, 0) is 30.7 Å². The van der Waals surface area contributed by atoms with Gasteiger partial charge in [-0.3, -0.25) is 0 Å². The first-order chi connectivity index (χ1) is 7.28. The van der Waals surface area contributed by atoms with Crippen molar-refractivity contribution < 1.29 is 17.9 Å². The van der Waals surface area contributed by atoms with Crippen LogP contribution in [-0.2, 0) is 9.24 Å². The summed E-state index contributed by atoms with van der Waals surface area (Å²) in [6.45, 7) is 1.71. The molecule has 0 aliphatic heterocycles. The van der Waals surface area contributed by atoms with Crippen molar-refractivity contribution >= 4 is 37.6 Å². The number of hydrogen-bond acceptors (Lipinski definition) is 4. The van der Waals surface area contributed by atoms with Gasteiger partial charge in [0.2, 0.25) is 0 Å². The van der Waals surface area contributed by atoms with Crippen LogP contribution in [0.3, 0.4) is 0 Å². The number of halogens is 2. The van der Waals surface area contributed by atoms with Crippen LogP contribution in [-0.4, -0.2) is 14.5 Å². The molecule has 1 aromatic rings. The Morgan fingerprint density at radius 1 is 1.44 bits per heavy atom. The van der Waals surface area contributed by atoms with Crippen molar-refractivity contribution in [2.45, 2.75) is 6.92 Å². The highest BCUT2D eigenvalue weighted by atomic mass is 35.7. The van der Waals surface area contributed by atoms with Crippen molar-refractivity contribution in [1.82, 2.24) is 4.72 Å². The van der Waals surface area contributed by atoms with Gasteiger partial charge in [0.25, 0.3) is 0 Å². The highest BCUT2D eigenvalue weighted by molar-refractivity contribution is 8.12. The van der Waals surface area contributed by atoms with Crippen molar-refractivity contribution in [2.75, 3.05) is 0 Å². The minimum absolute atomic E-state index is 0.166. The van der Waals surface area contributed by atoms with Crippen LogP contribution >= 0.6 is 22.3 Å². The van der Waals surface area contributed by atoms with Crippen LogP contribution in [0.4, 0.5) is 4.79 Å². The van der Waals surface area contributed by atoms with Crippen LogP contribution in [0.5, 0.6) is 5.75 Å². The third-order valence-electron chi connectivity index (χ3n) is 1.55. The molecule has 0 atom stereocenters. The molecule has 1 aromatic carbocycles. The van der Waals surface area contributed by atoms with E-state index in [9.17, 15) is 13.2 Å². The third kappa shape index (κ3) is 4.26. The molecule has 1 N–H and O–H groups in total. The lowest BCUT2D eigenvalue weighted by atomic mass is 10.2. The number of hydrogen-bond donors (Lipinski definition) is 1. The van der Waals surface area contributed by atoms with Crippen LogP contribution in [0.25, 0.3) is 0 Å². The molecule has 16 heavy (non-hydrogen) atoms. The highest BCUT2D eigenvalue weighted by Crippen LogP contribution is 2.21. The molecule has 0 unspecified atom stereocenters. The lowest BCUT2D eigenvalue weighted by molar-refractivity contribution is 0.207. The van der Waals surface area contributed by atoms with Gasteiger partial charge >= 0.3 is 15.3 Å². The van der Waals surface area contributed by atoms with Gasteiger partial charge in [-0.25, -0.2) is 9.52 Å². The van der Waals surface area contributed by atoms with Crippen molar-refractivity contribution in [3.63, 3.8) is 0 Å². The van der Waals surface area contributed by atoms with E-state index in [4.69, 9.17) is 22.3 Å². The van der Waals surface area contributed by atoms with Crippen LogP contribution in [0.1, 0.15) is 5.56 Å². The Balaban J connectivity index is 2.74. The largest absolute Gasteiger partial charge is 0.427 e. The molecule has 88 valence electrons. The van der Waals surface area contributed by atoms with E-state index in [0.717, 1.165) is 0 Å². The maximum Gasteiger partial charge on any atom is 0.427 e. The summed E-state index contributed by atoms with van der Waals surface area (Å²) >= 11 is 5.75. The summed E-state index contributed by atoms with van der Waals surface area (Å²) in [6, 6.07) is 4.44. The fourth-order valence-corrected chi connectivity index (χ4v) is 1.46. The number of carbonyl (C=O) groups is 1. The minimum atomic E-state index is -4.14. The molecule has 0 saturated carbocycles. The predicted octanol–water partition coefficient (Wildman–Crippen LogP) is 2.22. The summed E-state index contributed by atoms with van der Waals surface area (Å²) in [5.74, 6) is 0.166. The highest BCUT2D eigenvalue weighted by Gasteiger charge is 2.12. The molecule has 0 heterocycles. The van der Waals surface area contributed by atoms with E-state index >= 15 is 0 Å². The van der Waals surface area contributed by atoms with Gasteiger partial charge in [0.05, 0.1) is 0 Å². The number of ether oxygens (including phenoxy) is 1. The van der Waals surface area contributed by atoms with E-state index in [1.54, 1.807) is 6.92 Å². The van der Waals surface area contributed by atoms with Crippen LogP contribution in [0, 0.1) is 6.92 Å². The van der Waals surface area contributed by atoms with E-state index < -0.39 is 15.3 Å². The fourth-order valence-electron chi connectivity index (χ4n) is 0.908. The number of rotatable bonds is 2. The van der Waals surface area contributed by atoms with E-state index in [-0.39, 0.29) is 5.75 Å². The fraction of sp³-hybridized carbons (Fsp3) is 0.125. The normalized spacial score (nSPS) is 10.9. The molecule has 0 aromatic heterocycles. The first-order valence-electron chi connectivity index (χ1n) is 3.98. The molecule has 1 amide bonds. The first kappa shape index (κ1) is 13.1. The van der Waals surface area contributed by atoms with E-state index in [2.05, 4.69) is 4.74 Å². The summed E-state index contributed by atoms with van der Waals surface area (Å²) < 4.78 is 27.1. The number of carbonyl (C=O) groups excluding carboxylic acids is 1. The lowest BCUT2D eigenvalue weighted by Gasteiger charge is -2.05. The second kappa shape index (κ2) is 4.90. The Morgan fingerprint density at radius 2 is 2.06 bits per heavy atom. The number of nitrogens with one attached hydrogen (secondary N) is 1. The zero-order valence-corrected chi connectivity index (χ0v) is 10.4. The maximum atomic E-state index is 11.0. The SMILES string of the molecule is Cc1cc(OC(=O)NS(=O)(=O)Cl)ccc1Cl. The molecule has 0 saturated heterocycles. The predicted molar refractivity (Wildman–Crippen MR) is 60.1 cm³/mol. The Hall–Kier alpha value is -0.980. The average Bonchev–Trinajstić information content (AvgIpc) is 2.08. The standard InChI is InChI=1S/C8H7Cl2NO4S/c1-5-4-6(2-3-7(5)9)15-8(12)11-16(10,13)14/h2-4H,1H3,(H,11,12). The number of amides is 1. The third-order valence-corrected chi connectivity index (χ3v) is 2.61. The Bertz CT molecular complexity index is 515. The molecule has 0 radical (unpaired) electrons. The number of aryl methyl sites for hydroxylation is 1. The van der Waals surface area contributed by atoms with Gasteiger partial charge in [-0.1, -0.05) is 11.6 Å². The van der Waals surface area contributed by atoms with Gasteiger partial charge in [0, 0.05) is 15.7 Å². The molecule has 0 bridgehead atoms. The minimum Gasteiger partial charge on any atom is -0.410 e. The zero-order chi connectivity index (χ0) is 12.3. The van der Waals surface area contributed by atoms with Crippen molar-refractivity contribution in [2.24, 2.45) is 0 Å². The molecule has 1 rings (SSSR count). The second-order valence-corrected chi connectivity index (χ2v) is 5.55. The summed E-state index contributed by atoms with van der Waals surface area (Å²) in [7, 11) is 0.650. The molecule has 0 spiro atoms. The molecule has 0 aliphatic carbocycles. The molecular formula is C8H7Cl2NO4S. The summed E-state index contributed by atoms with van der Waals surface area (Å²) in [6.07, 6.45) is -1.18. The maximum absolute atomic E-state index is 11.0. The Labute approximate surface area is 102 Å². The van der Waals surface area contributed by atoms with Gasteiger partial charge in [-0.15, -0.1) is 0 Å². The van der Waals surface area contributed by atoms with Crippen molar-refractivity contribution in [3.8, 4) is 5.75 Å². The van der Waals surface area contributed by atoms with Gasteiger partial charge in [0.1, 0.15) is 5.75 Å². The molecule has 8 heteroatoms. The van der Waals surface area contributed by atoms with E-state index in [1.165, 1.54) is 22.9 Å². The van der Waals surface area contributed by atoms with Gasteiger partial charge in [0.15, 0.2) is 0 Å². The summed E-state index contributed by atoms with van der Waals surface area (Å²) in [5.41, 5.74) is 0.695. The van der Waals surface area contributed by atoms with Crippen LogP contribution in [0.15, 0.2) is 18.2 Å². The van der Waals surface area contributed by atoms with Gasteiger partial charge in [-0.2, -0.15) is 8.42 Å². The number of benzene rings is 1. The second-order valence-electron chi connectivity index (χ2n) is 2.84. The lowest BCUT2D eigenvalue weighted by Crippen LogP contribution is -2.29. The average molecular weight is 284 g/mol. The first-order valence-corrected chi connectivity index (χ1v) is 6.67. The van der Waals surface area contributed by atoms with Crippen LogP contribution in [0.2, 0.25) is 5.02 Å². The topological polar surface area (TPSA) is 72.5 Å². The van der Waals surface area contributed by atoms with Gasteiger partial charge < -0.3 is 4.74 Å². The molecular weight excluding hydrogens is 277 g/mol. The van der Waals surface area contributed by atoms with E-state index in [0.29, 0.717) is 10.6 Å². The molecule has 0 aliphatic rings. The summed E-state index contributed by atoms with van der Waals surface area (Å²) in [4.78, 5) is 11.0. The molecule has 0 fully saturated rings.